The number of hydrogen-bond acceptors (Lipinski definition) is 4. The van der Waals surface area contributed by atoms with E-state index in [0.717, 1.165) is 18.8 Å². The van der Waals surface area contributed by atoms with Crippen LogP contribution in [0.3, 0.4) is 0 Å². The topological polar surface area (TPSA) is 34.1 Å². The first kappa shape index (κ1) is 7.21. The summed E-state index contributed by atoms with van der Waals surface area (Å²) in [5, 5.41) is 5.17. The molecule has 0 radical (unpaired) electrons. The summed E-state index contributed by atoms with van der Waals surface area (Å²) in [4.78, 5) is 4.12. The molecule has 0 aliphatic carbocycles. The molecule has 0 spiro atoms. The Balaban J connectivity index is 1.74. The van der Waals surface area contributed by atoms with Gasteiger partial charge in [0.05, 0.1) is 23.9 Å². The molecule has 0 amide bonds. The fraction of sp³-hybridized carbons (Fsp3) is 0.571. The van der Waals surface area contributed by atoms with Gasteiger partial charge in [-0.1, -0.05) is 0 Å². The summed E-state index contributed by atoms with van der Waals surface area (Å²) in [6.45, 7) is 2.64. The Hall–Kier alpha value is -0.450. The highest BCUT2D eigenvalue weighted by Gasteiger charge is 2.16. The van der Waals surface area contributed by atoms with Crippen LogP contribution in [0.1, 0.15) is 5.69 Å². The molecule has 0 atom stereocenters. The summed E-state index contributed by atoms with van der Waals surface area (Å²) < 4.78 is 5.50. The number of aromatic nitrogens is 1. The summed E-state index contributed by atoms with van der Waals surface area (Å²) in [5.74, 6) is 0. The minimum Gasteiger partial charge on any atom is -0.369 e. The van der Waals surface area contributed by atoms with E-state index in [1.165, 1.54) is 0 Å². The van der Waals surface area contributed by atoms with E-state index in [1.807, 2.05) is 10.9 Å². The second-order valence-corrected chi connectivity index (χ2v) is 3.29. The Morgan fingerprint density at radius 1 is 1.73 bits per heavy atom. The molecular weight excluding hydrogens is 160 g/mol. The molecule has 11 heavy (non-hydrogen) atoms. The van der Waals surface area contributed by atoms with Gasteiger partial charge in [-0.15, -0.1) is 11.3 Å². The lowest BCUT2D eigenvalue weighted by Gasteiger charge is -2.26. The number of nitrogens with zero attached hydrogens (tertiary/aromatic N) is 1. The van der Waals surface area contributed by atoms with Gasteiger partial charge < -0.3 is 10.1 Å². The molecule has 0 aromatic carbocycles. The van der Waals surface area contributed by atoms with Crippen molar-refractivity contribution >= 4 is 11.3 Å². The summed E-state index contributed by atoms with van der Waals surface area (Å²) in [6.07, 6.45) is 0.414. The van der Waals surface area contributed by atoms with E-state index >= 15 is 0 Å². The van der Waals surface area contributed by atoms with Gasteiger partial charge in [0.15, 0.2) is 0 Å². The van der Waals surface area contributed by atoms with Crippen LogP contribution < -0.4 is 5.32 Å². The van der Waals surface area contributed by atoms with Crippen LogP contribution >= 0.6 is 11.3 Å². The van der Waals surface area contributed by atoms with Gasteiger partial charge in [0.1, 0.15) is 0 Å². The molecule has 1 aromatic heterocycles. The van der Waals surface area contributed by atoms with Crippen LogP contribution in [0.25, 0.3) is 0 Å². The first-order valence-electron chi connectivity index (χ1n) is 3.64. The largest absolute Gasteiger partial charge is 0.369 e. The van der Waals surface area contributed by atoms with Crippen LogP contribution in [0.2, 0.25) is 0 Å². The molecule has 60 valence electrons. The predicted molar refractivity (Wildman–Crippen MR) is 43.6 cm³/mol. The normalized spacial score (nSPS) is 18.2. The second-order valence-electron chi connectivity index (χ2n) is 2.57. The first-order valence-corrected chi connectivity index (χ1v) is 4.59. The molecule has 1 fully saturated rings. The summed E-state index contributed by atoms with van der Waals surface area (Å²) >= 11 is 1.61. The van der Waals surface area contributed by atoms with Crippen molar-refractivity contribution in [1.82, 2.24) is 10.3 Å². The summed E-state index contributed by atoms with van der Waals surface area (Å²) in [7, 11) is 0. The van der Waals surface area contributed by atoms with Gasteiger partial charge in [-0.3, -0.25) is 0 Å². The monoisotopic (exact) mass is 170 g/mol. The van der Waals surface area contributed by atoms with Crippen molar-refractivity contribution in [2.75, 3.05) is 13.1 Å². The zero-order chi connectivity index (χ0) is 7.52. The molecule has 1 aliphatic heterocycles. The molecule has 1 saturated heterocycles. The van der Waals surface area contributed by atoms with Crippen LogP contribution in [0.4, 0.5) is 0 Å². The molecule has 1 N–H and O–H groups in total. The first-order chi connectivity index (χ1) is 5.45. The van der Waals surface area contributed by atoms with E-state index in [4.69, 9.17) is 4.74 Å². The fourth-order valence-electron chi connectivity index (χ4n) is 0.892. The lowest BCUT2D eigenvalue weighted by atomic mass is 10.2. The molecule has 3 nitrogen and oxygen atoms in total. The number of rotatable bonds is 3. The van der Waals surface area contributed by atoms with Gasteiger partial charge in [-0.25, -0.2) is 4.98 Å². The predicted octanol–water partition coefficient (Wildman–Crippen LogP) is 0.631. The smallest absolute Gasteiger partial charge is 0.0901 e. The maximum absolute atomic E-state index is 5.50. The molecule has 0 saturated carbocycles. The third-order valence-corrected chi connectivity index (χ3v) is 2.33. The van der Waals surface area contributed by atoms with Crippen LogP contribution in [0, 0.1) is 0 Å². The Labute approximate surface area is 69.4 Å². The van der Waals surface area contributed by atoms with Crippen LogP contribution in [-0.4, -0.2) is 24.2 Å². The summed E-state index contributed by atoms with van der Waals surface area (Å²) in [5.41, 5.74) is 2.87. The van der Waals surface area contributed by atoms with E-state index in [1.54, 1.807) is 11.3 Å². The van der Waals surface area contributed by atoms with E-state index in [9.17, 15) is 0 Å². The highest BCUT2D eigenvalue weighted by molar-refractivity contribution is 7.07. The van der Waals surface area contributed by atoms with Gasteiger partial charge in [-0.05, 0) is 0 Å². The molecule has 0 bridgehead atoms. The van der Waals surface area contributed by atoms with Crippen molar-refractivity contribution < 1.29 is 4.74 Å². The fourth-order valence-corrected chi connectivity index (χ4v) is 1.44. The highest BCUT2D eigenvalue weighted by Crippen LogP contribution is 2.06. The Morgan fingerprint density at radius 3 is 3.18 bits per heavy atom. The van der Waals surface area contributed by atoms with Crippen LogP contribution in [-0.2, 0) is 11.3 Å². The Morgan fingerprint density at radius 2 is 2.64 bits per heavy atom. The number of ether oxygens (including phenoxy) is 1. The Bertz CT molecular complexity index is 208. The van der Waals surface area contributed by atoms with Gasteiger partial charge in [-0.2, -0.15) is 0 Å². The second kappa shape index (κ2) is 3.30. The van der Waals surface area contributed by atoms with Crippen molar-refractivity contribution in [3.63, 3.8) is 0 Å². The standard InChI is InChI=1S/C7H10N2OS/c1-7(2-8-1)10-3-6-4-11-5-9-6/h4-5,7-8H,1-3H2. The number of thiazole rings is 1. The quantitative estimate of drug-likeness (QED) is 0.722. The lowest BCUT2D eigenvalue weighted by Crippen LogP contribution is -2.48. The SMILES string of the molecule is c1nc(COC2CNC2)cs1. The van der Waals surface area contributed by atoms with Gasteiger partial charge >= 0.3 is 0 Å². The van der Waals surface area contributed by atoms with Crippen molar-refractivity contribution in [2.45, 2.75) is 12.7 Å². The number of nitrogens with one attached hydrogen (secondary N) is 1. The molecule has 2 heterocycles. The van der Waals surface area contributed by atoms with E-state index in [-0.39, 0.29) is 0 Å². The van der Waals surface area contributed by atoms with Crippen LogP contribution in [0.15, 0.2) is 10.9 Å². The molecule has 1 aliphatic rings. The third-order valence-electron chi connectivity index (χ3n) is 1.69. The average molecular weight is 170 g/mol. The van der Waals surface area contributed by atoms with Gasteiger partial charge in [0.2, 0.25) is 0 Å². The molecule has 4 heteroatoms. The van der Waals surface area contributed by atoms with Crippen molar-refractivity contribution in [3.8, 4) is 0 Å². The average Bonchev–Trinajstić information content (AvgIpc) is 2.36. The highest BCUT2D eigenvalue weighted by atomic mass is 32.1. The van der Waals surface area contributed by atoms with Crippen LogP contribution in [0.5, 0.6) is 0 Å². The minimum absolute atomic E-state index is 0.414. The molecular formula is C7H10N2OS. The zero-order valence-corrected chi connectivity index (χ0v) is 6.93. The Kier molecular flexibility index (Phi) is 2.16. The zero-order valence-electron chi connectivity index (χ0n) is 6.12. The molecule has 2 rings (SSSR count). The maximum Gasteiger partial charge on any atom is 0.0901 e. The van der Waals surface area contributed by atoms with Gasteiger partial charge in [0.25, 0.3) is 0 Å². The minimum atomic E-state index is 0.414. The summed E-state index contributed by atoms with van der Waals surface area (Å²) in [6, 6.07) is 0. The van der Waals surface area contributed by atoms with Crippen molar-refractivity contribution in [2.24, 2.45) is 0 Å². The van der Waals surface area contributed by atoms with Crippen molar-refractivity contribution in [3.05, 3.63) is 16.6 Å². The van der Waals surface area contributed by atoms with E-state index in [0.29, 0.717) is 12.7 Å². The van der Waals surface area contributed by atoms with Gasteiger partial charge in [0, 0.05) is 18.5 Å². The number of hydrogen-bond donors (Lipinski definition) is 1. The molecule has 0 unspecified atom stereocenters. The third kappa shape index (κ3) is 1.77. The molecule has 1 aromatic rings. The lowest BCUT2D eigenvalue weighted by molar-refractivity contribution is 0.00627. The van der Waals surface area contributed by atoms with Crippen molar-refractivity contribution in [1.29, 1.82) is 0 Å². The van der Waals surface area contributed by atoms with E-state index in [2.05, 4.69) is 10.3 Å². The van der Waals surface area contributed by atoms with E-state index < -0.39 is 0 Å². The maximum atomic E-state index is 5.50.